The average Bonchev–Trinajstić information content (AvgIpc) is 2.24. The highest BCUT2D eigenvalue weighted by molar-refractivity contribution is 5.01. The molecule has 0 atom stereocenters. The maximum atomic E-state index is 11.7. The van der Waals surface area contributed by atoms with E-state index in [2.05, 4.69) is 29.7 Å². The zero-order valence-corrected chi connectivity index (χ0v) is 9.22. The number of aromatic nitrogens is 3. The Hall–Kier alpha value is -1.97. The predicted molar refractivity (Wildman–Crippen MR) is 64.3 cm³/mol. The van der Waals surface area contributed by atoms with Crippen molar-refractivity contribution in [3.8, 4) is 0 Å². The number of hydrogen-bond acceptors (Lipinski definition) is 3. The van der Waals surface area contributed by atoms with Gasteiger partial charge in [0.25, 0.3) is 0 Å². The Morgan fingerprint density at radius 2 is 1.75 bits per heavy atom. The third-order valence-electron chi connectivity index (χ3n) is 1.99. The van der Waals surface area contributed by atoms with Crippen molar-refractivity contribution in [1.82, 2.24) is 14.5 Å². The molecule has 0 aliphatic carbocycles. The SMILES string of the molecule is C=CCc1nc(CC=C)n(CC=C)c(=O)n1. The second-order valence-corrected chi connectivity index (χ2v) is 3.22. The van der Waals surface area contributed by atoms with Crippen molar-refractivity contribution in [2.75, 3.05) is 0 Å². The molecule has 84 valence electrons. The van der Waals surface area contributed by atoms with E-state index in [1.807, 2.05) is 0 Å². The van der Waals surface area contributed by atoms with Crippen molar-refractivity contribution in [3.63, 3.8) is 0 Å². The summed E-state index contributed by atoms with van der Waals surface area (Å²) in [5.41, 5.74) is -0.302. The van der Waals surface area contributed by atoms with Crippen LogP contribution >= 0.6 is 0 Å². The fourth-order valence-corrected chi connectivity index (χ4v) is 1.33. The van der Waals surface area contributed by atoms with E-state index >= 15 is 0 Å². The summed E-state index contributed by atoms with van der Waals surface area (Å²) in [6.45, 7) is 11.2. The molecule has 0 bridgehead atoms. The quantitative estimate of drug-likeness (QED) is 0.674. The van der Waals surface area contributed by atoms with Gasteiger partial charge in [-0.3, -0.25) is 4.57 Å². The van der Waals surface area contributed by atoms with E-state index in [1.54, 1.807) is 18.2 Å². The maximum absolute atomic E-state index is 11.7. The van der Waals surface area contributed by atoms with Gasteiger partial charge in [-0.05, 0) is 0 Å². The van der Waals surface area contributed by atoms with Gasteiger partial charge in [-0.15, -0.1) is 19.7 Å². The van der Waals surface area contributed by atoms with Crippen molar-refractivity contribution < 1.29 is 0 Å². The molecule has 1 rings (SSSR count). The number of allylic oxidation sites excluding steroid dienone is 3. The van der Waals surface area contributed by atoms with Crippen LogP contribution in [-0.2, 0) is 19.4 Å². The van der Waals surface area contributed by atoms with Gasteiger partial charge in [0.1, 0.15) is 11.6 Å². The number of nitrogens with zero attached hydrogens (tertiary/aromatic N) is 3. The summed E-state index contributed by atoms with van der Waals surface area (Å²) in [6.07, 6.45) is 6.05. The van der Waals surface area contributed by atoms with E-state index in [1.165, 1.54) is 4.57 Å². The Labute approximate surface area is 94.7 Å². The van der Waals surface area contributed by atoms with Crippen molar-refractivity contribution in [2.45, 2.75) is 19.4 Å². The van der Waals surface area contributed by atoms with Gasteiger partial charge in [0.2, 0.25) is 0 Å². The van der Waals surface area contributed by atoms with Crippen LogP contribution in [-0.4, -0.2) is 14.5 Å². The van der Waals surface area contributed by atoms with E-state index in [-0.39, 0.29) is 5.69 Å². The lowest BCUT2D eigenvalue weighted by Crippen LogP contribution is -2.28. The molecule has 0 spiro atoms. The van der Waals surface area contributed by atoms with E-state index in [0.29, 0.717) is 31.0 Å². The monoisotopic (exact) mass is 217 g/mol. The topological polar surface area (TPSA) is 47.8 Å². The molecule has 0 saturated heterocycles. The third-order valence-corrected chi connectivity index (χ3v) is 1.99. The molecule has 4 heteroatoms. The predicted octanol–water partition coefficient (Wildman–Crippen LogP) is 1.28. The van der Waals surface area contributed by atoms with Gasteiger partial charge in [0.05, 0.1) is 0 Å². The number of hydrogen-bond donors (Lipinski definition) is 0. The first-order valence-electron chi connectivity index (χ1n) is 5.02. The summed E-state index contributed by atoms with van der Waals surface area (Å²) >= 11 is 0. The fourth-order valence-electron chi connectivity index (χ4n) is 1.33. The molecule has 0 unspecified atom stereocenters. The van der Waals surface area contributed by atoms with E-state index in [0.717, 1.165) is 0 Å². The summed E-state index contributed by atoms with van der Waals surface area (Å²) in [7, 11) is 0. The second-order valence-electron chi connectivity index (χ2n) is 3.22. The Kier molecular flexibility index (Phi) is 4.39. The molecule has 0 fully saturated rings. The summed E-state index contributed by atoms with van der Waals surface area (Å²) in [5, 5.41) is 0. The van der Waals surface area contributed by atoms with Gasteiger partial charge in [-0.25, -0.2) is 9.78 Å². The summed E-state index contributed by atoms with van der Waals surface area (Å²) < 4.78 is 1.49. The first-order valence-corrected chi connectivity index (χ1v) is 5.02. The molecular formula is C12H15N3O. The molecule has 0 amide bonds. The van der Waals surface area contributed by atoms with Crippen molar-refractivity contribution >= 4 is 0 Å². The molecule has 0 radical (unpaired) electrons. The highest BCUT2D eigenvalue weighted by Gasteiger charge is 2.06. The van der Waals surface area contributed by atoms with Gasteiger partial charge >= 0.3 is 5.69 Å². The molecule has 1 heterocycles. The Morgan fingerprint density at radius 3 is 2.31 bits per heavy atom. The minimum Gasteiger partial charge on any atom is -0.276 e. The van der Waals surface area contributed by atoms with Crippen LogP contribution < -0.4 is 5.69 Å². The highest BCUT2D eigenvalue weighted by Crippen LogP contribution is 1.98. The van der Waals surface area contributed by atoms with E-state index in [9.17, 15) is 4.79 Å². The van der Waals surface area contributed by atoms with Crippen LogP contribution in [0.4, 0.5) is 0 Å². The zero-order chi connectivity index (χ0) is 12.0. The normalized spacial score (nSPS) is 9.75. The average molecular weight is 217 g/mol. The molecule has 1 aromatic rings. The lowest BCUT2D eigenvalue weighted by atomic mass is 10.3. The Morgan fingerprint density at radius 1 is 1.06 bits per heavy atom. The van der Waals surface area contributed by atoms with Crippen molar-refractivity contribution in [3.05, 3.63) is 60.1 Å². The summed E-state index contributed by atoms with van der Waals surface area (Å²) in [6, 6.07) is 0. The van der Waals surface area contributed by atoms with Crippen LogP contribution in [0.1, 0.15) is 11.6 Å². The largest absolute Gasteiger partial charge is 0.351 e. The highest BCUT2D eigenvalue weighted by atomic mass is 16.1. The van der Waals surface area contributed by atoms with Gasteiger partial charge in [-0.2, -0.15) is 4.98 Å². The first-order chi connectivity index (χ1) is 7.72. The molecule has 0 aliphatic rings. The standard InChI is InChI=1S/C12H15N3O/c1-4-7-10-13-11(8-5-2)15(9-6-3)12(16)14-10/h4-6H,1-3,7-9H2. The van der Waals surface area contributed by atoms with Gasteiger partial charge in [0.15, 0.2) is 0 Å². The third kappa shape index (κ3) is 2.76. The smallest absolute Gasteiger partial charge is 0.276 e. The second kappa shape index (κ2) is 5.80. The van der Waals surface area contributed by atoms with Crippen LogP contribution in [0, 0.1) is 0 Å². The summed E-state index contributed by atoms with van der Waals surface area (Å²) in [4.78, 5) is 19.9. The minimum atomic E-state index is -0.302. The van der Waals surface area contributed by atoms with Crippen LogP contribution in [0.25, 0.3) is 0 Å². The van der Waals surface area contributed by atoms with Gasteiger partial charge < -0.3 is 0 Å². The minimum absolute atomic E-state index is 0.302. The van der Waals surface area contributed by atoms with Crippen molar-refractivity contribution in [1.29, 1.82) is 0 Å². The number of rotatable bonds is 6. The van der Waals surface area contributed by atoms with E-state index in [4.69, 9.17) is 0 Å². The molecular weight excluding hydrogens is 202 g/mol. The van der Waals surface area contributed by atoms with Crippen LogP contribution in [0.3, 0.4) is 0 Å². The molecule has 0 aromatic carbocycles. The Balaban J connectivity index is 3.25. The molecule has 0 saturated carbocycles. The molecule has 0 aliphatic heterocycles. The Bertz CT molecular complexity index is 460. The lowest BCUT2D eigenvalue weighted by Gasteiger charge is -2.08. The van der Waals surface area contributed by atoms with Crippen molar-refractivity contribution in [2.24, 2.45) is 0 Å². The first kappa shape index (κ1) is 12.1. The van der Waals surface area contributed by atoms with Crippen LogP contribution in [0.5, 0.6) is 0 Å². The molecule has 16 heavy (non-hydrogen) atoms. The van der Waals surface area contributed by atoms with Gasteiger partial charge in [0, 0.05) is 19.4 Å². The zero-order valence-electron chi connectivity index (χ0n) is 9.22. The fraction of sp³-hybridized carbons (Fsp3) is 0.250. The van der Waals surface area contributed by atoms with Gasteiger partial charge in [-0.1, -0.05) is 18.2 Å². The summed E-state index contributed by atoms with van der Waals surface area (Å²) in [5.74, 6) is 1.16. The molecule has 1 aromatic heterocycles. The lowest BCUT2D eigenvalue weighted by molar-refractivity contribution is 0.649. The van der Waals surface area contributed by atoms with Crippen LogP contribution in [0.2, 0.25) is 0 Å². The maximum Gasteiger partial charge on any atom is 0.351 e. The molecule has 4 nitrogen and oxygen atoms in total. The van der Waals surface area contributed by atoms with Crippen LogP contribution in [0.15, 0.2) is 42.8 Å². The van der Waals surface area contributed by atoms with E-state index < -0.39 is 0 Å². The molecule has 0 N–H and O–H groups in total.